The Kier molecular flexibility index (Phi) is 7.00. The van der Waals surface area contributed by atoms with E-state index in [-0.39, 0.29) is 11.8 Å². The molecule has 1 fully saturated rings. The van der Waals surface area contributed by atoms with Crippen LogP contribution in [0.25, 0.3) is 0 Å². The van der Waals surface area contributed by atoms with Gasteiger partial charge in [0.05, 0.1) is 0 Å². The molecule has 0 unspecified atom stereocenters. The Morgan fingerprint density at radius 3 is 2.52 bits per heavy atom. The van der Waals surface area contributed by atoms with Crippen molar-refractivity contribution in [2.75, 3.05) is 31.5 Å². The van der Waals surface area contributed by atoms with Gasteiger partial charge in [0.1, 0.15) is 0 Å². The molecule has 0 atom stereocenters. The maximum atomic E-state index is 12.3. The van der Waals surface area contributed by atoms with Crippen LogP contribution in [0.4, 0.5) is 5.69 Å². The molecule has 1 aliphatic heterocycles. The van der Waals surface area contributed by atoms with Crippen LogP contribution >= 0.6 is 0 Å². The summed E-state index contributed by atoms with van der Waals surface area (Å²) >= 11 is 0. The van der Waals surface area contributed by atoms with Gasteiger partial charge in [0, 0.05) is 23.2 Å². The summed E-state index contributed by atoms with van der Waals surface area (Å²) in [6.45, 7) is 9.67. The molecule has 138 valence electrons. The molecule has 2 rings (SSSR count). The van der Waals surface area contributed by atoms with Crippen LogP contribution in [0.1, 0.15) is 56.8 Å². The molecule has 1 aromatic rings. The second-order valence-corrected chi connectivity index (χ2v) is 7.80. The standard InChI is InChI=1S/C20H31N3O2/c1-20(2,3)19(25)22-17-10-7-9-16(15-17)18(24)21-11-8-14-23-12-5-4-6-13-23/h7,9-10,15H,4-6,8,11-14H2,1-3H3,(H,21,24)(H,22,25). The minimum absolute atomic E-state index is 0.0633. The second-order valence-electron chi connectivity index (χ2n) is 7.80. The van der Waals surface area contributed by atoms with Crippen LogP contribution < -0.4 is 10.6 Å². The van der Waals surface area contributed by atoms with Crippen molar-refractivity contribution >= 4 is 17.5 Å². The Bertz CT molecular complexity index is 587. The molecule has 0 bridgehead atoms. The molecule has 0 radical (unpaired) electrons. The van der Waals surface area contributed by atoms with Gasteiger partial charge in [-0.2, -0.15) is 0 Å². The number of anilines is 1. The number of nitrogens with one attached hydrogen (secondary N) is 2. The fourth-order valence-corrected chi connectivity index (χ4v) is 2.85. The number of carbonyl (C=O) groups is 2. The number of carbonyl (C=O) groups excluding carboxylic acids is 2. The lowest BCUT2D eigenvalue weighted by atomic mass is 9.95. The molecule has 25 heavy (non-hydrogen) atoms. The Balaban J connectivity index is 1.79. The van der Waals surface area contributed by atoms with Gasteiger partial charge in [-0.3, -0.25) is 9.59 Å². The molecule has 1 aromatic carbocycles. The first kappa shape index (κ1) is 19.4. The molecule has 1 heterocycles. The van der Waals surface area contributed by atoms with E-state index in [1.54, 1.807) is 24.3 Å². The number of hydrogen-bond donors (Lipinski definition) is 2. The summed E-state index contributed by atoms with van der Waals surface area (Å²) in [5.41, 5.74) is 0.762. The van der Waals surface area contributed by atoms with Crippen LogP contribution in [0.15, 0.2) is 24.3 Å². The van der Waals surface area contributed by atoms with Crippen LogP contribution in [0, 0.1) is 5.41 Å². The molecule has 0 spiro atoms. The van der Waals surface area contributed by atoms with Gasteiger partial charge in [0.15, 0.2) is 0 Å². The van der Waals surface area contributed by atoms with Gasteiger partial charge in [-0.1, -0.05) is 33.3 Å². The van der Waals surface area contributed by atoms with E-state index >= 15 is 0 Å². The van der Waals surface area contributed by atoms with Crippen molar-refractivity contribution in [2.24, 2.45) is 5.41 Å². The molecule has 2 N–H and O–H groups in total. The topological polar surface area (TPSA) is 61.4 Å². The zero-order valence-corrected chi connectivity index (χ0v) is 15.7. The molecule has 2 amide bonds. The fraction of sp³-hybridized carbons (Fsp3) is 0.600. The van der Waals surface area contributed by atoms with Crippen molar-refractivity contribution in [1.29, 1.82) is 0 Å². The summed E-state index contributed by atoms with van der Waals surface area (Å²) in [4.78, 5) is 26.8. The molecule has 0 aromatic heterocycles. The third-order valence-corrected chi connectivity index (χ3v) is 4.45. The van der Waals surface area contributed by atoms with E-state index < -0.39 is 5.41 Å². The maximum Gasteiger partial charge on any atom is 0.251 e. The maximum absolute atomic E-state index is 12.3. The highest BCUT2D eigenvalue weighted by atomic mass is 16.2. The quantitative estimate of drug-likeness (QED) is 0.778. The average Bonchev–Trinajstić information content (AvgIpc) is 2.59. The third kappa shape index (κ3) is 6.50. The van der Waals surface area contributed by atoms with E-state index in [1.165, 1.54) is 32.4 Å². The first-order valence-electron chi connectivity index (χ1n) is 9.28. The van der Waals surface area contributed by atoms with Crippen molar-refractivity contribution < 1.29 is 9.59 Å². The smallest absolute Gasteiger partial charge is 0.251 e. The lowest BCUT2D eigenvalue weighted by Gasteiger charge is -2.26. The summed E-state index contributed by atoms with van der Waals surface area (Å²) < 4.78 is 0. The third-order valence-electron chi connectivity index (χ3n) is 4.45. The number of piperidine rings is 1. The lowest BCUT2D eigenvalue weighted by molar-refractivity contribution is -0.123. The van der Waals surface area contributed by atoms with E-state index in [4.69, 9.17) is 0 Å². The zero-order valence-electron chi connectivity index (χ0n) is 15.7. The zero-order chi connectivity index (χ0) is 18.3. The van der Waals surface area contributed by atoms with E-state index in [1.807, 2.05) is 20.8 Å². The fourth-order valence-electron chi connectivity index (χ4n) is 2.85. The average molecular weight is 345 g/mol. The van der Waals surface area contributed by atoms with Gasteiger partial charge in [-0.25, -0.2) is 0 Å². The second kappa shape index (κ2) is 8.99. The summed E-state index contributed by atoms with van der Waals surface area (Å²) in [6.07, 6.45) is 4.89. The number of benzene rings is 1. The molecular weight excluding hydrogens is 314 g/mol. The Labute approximate surface area is 151 Å². The lowest BCUT2D eigenvalue weighted by Crippen LogP contribution is -2.33. The summed E-state index contributed by atoms with van der Waals surface area (Å²) in [6, 6.07) is 7.09. The number of hydrogen-bond acceptors (Lipinski definition) is 3. The van der Waals surface area contributed by atoms with Crippen molar-refractivity contribution in [3.63, 3.8) is 0 Å². The number of rotatable bonds is 6. The Morgan fingerprint density at radius 1 is 1.12 bits per heavy atom. The molecule has 0 saturated carbocycles. The monoisotopic (exact) mass is 345 g/mol. The van der Waals surface area contributed by atoms with E-state index in [2.05, 4.69) is 15.5 Å². The van der Waals surface area contributed by atoms with Gasteiger partial charge >= 0.3 is 0 Å². The highest BCUT2D eigenvalue weighted by molar-refractivity contribution is 5.98. The van der Waals surface area contributed by atoms with Crippen molar-refractivity contribution in [1.82, 2.24) is 10.2 Å². The first-order valence-corrected chi connectivity index (χ1v) is 9.28. The Morgan fingerprint density at radius 2 is 1.84 bits per heavy atom. The van der Waals surface area contributed by atoms with Crippen LogP contribution in [0.2, 0.25) is 0 Å². The van der Waals surface area contributed by atoms with Gasteiger partial charge in [-0.05, 0) is 57.1 Å². The van der Waals surface area contributed by atoms with E-state index in [9.17, 15) is 9.59 Å². The molecule has 5 heteroatoms. The van der Waals surface area contributed by atoms with Crippen LogP contribution in [-0.2, 0) is 4.79 Å². The minimum atomic E-state index is -0.466. The summed E-state index contributed by atoms with van der Waals surface area (Å²) in [7, 11) is 0. The van der Waals surface area contributed by atoms with Crippen molar-refractivity contribution in [2.45, 2.75) is 46.5 Å². The van der Waals surface area contributed by atoms with Crippen LogP contribution in [-0.4, -0.2) is 42.9 Å². The van der Waals surface area contributed by atoms with Gasteiger partial charge in [0.25, 0.3) is 5.91 Å². The number of amides is 2. The predicted octanol–water partition coefficient (Wildman–Crippen LogP) is 3.28. The summed E-state index contributed by atoms with van der Waals surface area (Å²) in [5, 5.41) is 5.83. The molecule has 1 aliphatic rings. The molecular formula is C20H31N3O2. The largest absolute Gasteiger partial charge is 0.352 e. The molecule has 5 nitrogen and oxygen atoms in total. The predicted molar refractivity (Wildman–Crippen MR) is 102 cm³/mol. The normalized spacial score (nSPS) is 15.6. The van der Waals surface area contributed by atoms with Gasteiger partial charge in [-0.15, -0.1) is 0 Å². The van der Waals surface area contributed by atoms with Gasteiger partial charge in [0.2, 0.25) is 5.91 Å². The van der Waals surface area contributed by atoms with E-state index in [0.717, 1.165) is 13.0 Å². The highest BCUT2D eigenvalue weighted by Gasteiger charge is 2.21. The van der Waals surface area contributed by atoms with Gasteiger partial charge < -0.3 is 15.5 Å². The van der Waals surface area contributed by atoms with Crippen molar-refractivity contribution in [3.05, 3.63) is 29.8 Å². The summed E-state index contributed by atoms with van der Waals surface area (Å²) in [5.74, 6) is -0.155. The van der Waals surface area contributed by atoms with Crippen LogP contribution in [0.3, 0.4) is 0 Å². The Hall–Kier alpha value is -1.88. The SMILES string of the molecule is CC(C)(C)C(=O)Nc1cccc(C(=O)NCCCN2CCCCC2)c1. The molecule has 1 saturated heterocycles. The molecule has 0 aliphatic carbocycles. The van der Waals surface area contributed by atoms with Crippen LogP contribution in [0.5, 0.6) is 0 Å². The van der Waals surface area contributed by atoms with E-state index in [0.29, 0.717) is 17.8 Å². The first-order chi connectivity index (χ1) is 11.9. The number of nitrogens with zero attached hydrogens (tertiary/aromatic N) is 1. The number of likely N-dealkylation sites (tertiary alicyclic amines) is 1. The van der Waals surface area contributed by atoms with Crippen molar-refractivity contribution in [3.8, 4) is 0 Å². The minimum Gasteiger partial charge on any atom is -0.352 e. The highest BCUT2D eigenvalue weighted by Crippen LogP contribution is 2.18.